The van der Waals surface area contributed by atoms with Gasteiger partial charge < -0.3 is 4.52 Å². The smallest absolute Gasteiger partial charge is 0.270 e. The van der Waals surface area contributed by atoms with Gasteiger partial charge in [0.1, 0.15) is 0 Å². The first-order chi connectivity index (χ1) is 9.47. The molecule has 0 N–H and O–H groups in total. The predicted octanol–water partition coefficient (Wildman–Crippen LogP) is 2.42. The van der Waals surface area contributed by atoms with Gasteiger partial charge in [-0.1, -0.05) is 17.3 Å². The maximum Gasteiger partial charge on any atom is 0.270 e. The number of carbonyl (C=O) groups excluding carboxylic acids is 1. The molecule has 7 heteroatoms. The lowest BCUT2D eigenvalue weighted by Gasteiger charge is -1.98. The highest BCUT2D eigenvalue weighted by atomic mass is 16.6. The van der Waals surface area contributed by atoms with Crippen molar-refractivity contribution in [3.63, 3.8) is 0 Å². The van der Waals surface area contributed by atoms with Gasteiger partial charge in [-0.15, -0.1) is 0 Å². The number of nitro benzene ring substituents is 1. The van der Waals surface area contributed by atoms with Crippen molar-refractivity contribution in [3.05, 3.63) is 51.7 Å². The predicted molar refractivity (Wildman–Crippen MR) is 70.7 cm³/mol. The summed E-state index contributed by atoms with van der Waals surface area (Å²) < 4.78 is 4.95. The summed E-state index contributed by atoms with van der Waals surface area (Å²) in [4.78, 5) is 25.9. The fourth-order valence-corrected chi connectivity index (χ4v) is 1.62. The lowest BCUT2D eigenvalue weighted by Crippen LogP contribution is -1.97. The van der Waals surface area contributed by atoms with E-state index in [1.807, 2.05) is 0 Å². The zero-order valence-corrected chi connectivity index (χ0v) is 10.9. The molecule has 1 heterocycles. The van der Waals surface area contributed by atoms with Gasteiger partial charge in [0, 0.05) is 12.1 Å². The van der Waals surface area contributed by atoms with Crippen LogP contribution in [0, 0.1) is 17.0 Å². The minimum Gasteiger partial charge on any atom is -0.334 e. The monoisotopic (exact) mass is 273 g/mol. The number of ketones is 1. The Hall–Kier alpha value is -2.83. The van der Waals surface area contributed by atoms with Crippen LogP contribution in [0.25, 0.3) is 11.6 Å². The lowest BCUT2D eigenvalue weighted by atomic mass is 10.1. The second-order valence-corrected chi connectivity index (χ2v) is 4.11. The standard InChI is InChI=1S/C13H11N3O4/c1-8(17)12(13-14-9(2)15-20-13)7-10-4-3-5-11(6-10)16(18)19/h3-7H,1-2H3. The molecule has 0 unspecified atom stereocenters. The first kappa shape index (κ1) is 13.6. The van der Waals surface area contributed by atoms with Crippen molar-refractivity contribution < 1.29 is 14.2 Å². The molecule has 1 aromatic carbocycles. The van der Waals surface area contributed by atoms with Crippen LogP contribution >= 0.6 is 0 Å². The van der Waals surface area contributed by atoms with E-state index in [-0.39, 0.29) is 22.9 Å². The number of Topliss-reactive ketones (excluding diaryl/α,β-unsaturated/α-hetero) is 1. The molecule has 102 valence electrons. The van der Waals surface area contributed by atoms with Crippen LogP contribution in [0.3, 0.4) is 0 Å². The average molecular weight is 273 g/mol. The molecule has 0 bridgehead atoms. The molecule has 20 heavy (non-hydrogen) atoms. The van der Waals surface area contributed by atoms with Gasteiger partial charge >= 0.3 is 0 Å². The molecule has 2 aromatic rings. The van der Waals surface area contributed by atoms with Gasteiger partial charge in [-0.05, 0) is 25.5 Å². The molecule has 0 fully saturated rings. The number of non-ortho nitro benzene ring substituents is 1. The molecule has 2 rings (SSSR count). The van der Waals surface area contributed by atoms with Gasteiger partial charge in [0.15, 0.2) is 11.6 Å². The number of nitro groups is 1. The summed E-state index contributed by atoms with van der Waals surface area (Å²) in [6.07, 6.45) is 1.49. The second-order valence-electron chi connectivity index (χ2n) is 4.11. The average Bonchev–Trinajstić information content (AvgIpc) is 2.82. The van der Waals surface area contributed by atoms with Crippen LogP contribution in [-0.4, -0.2) is 20.8 Å². The highest BCUT2D eigenvalue weighted by molar-refractivity contribution is 6.22. The van der Waals surface area contributed by atoms with Crippen LogP contribution in [0.2, 0.25) is 0 Å². The lowest BCUT2D eigenvalue weighted by molar-refractivity contribution is -0.384. The molecular weight excluding hydrogens is 262 g/mol. The van der Waals surface area contributed by atoms with E-state index in [4.69, 9.17) is 4.52 Å². The Morgan fingerprint density at radius 2 is 2.20 bits per heavy atom. The Balaban J connectivity index is 2.46. The summed E-state index contributed by atoms with van der Waals surface area (Å²) in [7, 11) is 0. The Morgan fingerprint density at radius 1 is 1.45 bits per heavy atom. The second kappa shape index (κ2) is 5.43. The Labute approximate surface area is 114 Å². The third-order valence-electron chi connectivity index (χ3n) is 2.53. The summed E-state index contributed by atoms with van der Waals surface area (Å²) in [5.41, 5.74) is 0.676. The fraction of sp³-hybridized carbons (Fsp3) is 0.154. The van der Waals surface area contributed by atoms with E-state index in [0.29, 0.717) is 11.4 Å². The molecule has 0 aliphatic carbocycles. The topological polar surface area (TPSA) is 99.1 Å². The van der Waals surface area contributed by atoms with E-state index in [1.54, 1.807) is 19.1 Å². The van der Waals surface area contributed by atoms with E-state index in [0.717, 1.165) is 0 Å². The summed E-state index contributed by atoms with van der Waals surface area (Å²) in [5, 5.41) is 14.3. The normalized spacial score (nSPS) is 11.4. The van der Waals surface area contributed by atoms with Gasteiger partial charge in [-0.2, -0.15) is 4.98 Å². The van der Waals surface area contributed by atoms with Crippen molar-refractivity contribution in [1.29, 1.82) is 0 Å². The Kier molecular flexibility index (Phi) is 3.69. The molecule has 0 saturated heterocycles. The van der Waals surface area contributed by atoms with E-state index in [1.165, 1.54) is 25.1 Å². The molecule has 0 amide bonds. The quantitative estimate of drug-likeness (QED) is 0.482. The summed E-state index contributed by atoms with van der Waals surface area (Å²) >= 11 is 0. The van der Waals surface area contributed by atoms with Crippen LogP contribution in [0.4, 0.5) is 5.69 Å². The number of hydrogen-bond donors (Lipinski definition) is 0. The summed E-state index contributed by atoms with van der Waals surface area (Å²) in [6.45, 7) is 3.00. The minimum absolute atomic E-state index is 0.0524. The van der Waals surface area contributed by atoms with Crippen molar-refractivity contribution >= 4 is 23.1 Å². The zero-order chi connectivity index (χ0) is 14.7. The van der Waals surface area contributed by atoms with E-state index < -0.39 is 4.92 Å². The molecule has 0 spiro atoms. The van der Waals surface area contributed by atoms with Crippen LogP contribution in [-0.2, 0) is 4.79 Å². The third kappa shape index (κ3) is 2.94. The number of carbonyl (C=O) groups is 1. The molecule has 0 atom stereocenters. The number of nitrogens with zero attached hydrogens (tertiary/aromatic N) is 3. The highest BCUT2D eigenvalue weighted by Crippen LogP contribution is 2.20. The SMILES string of the molecule is CC(=O)C(=Cc1cccc([N+](=O)[O-])c1)c1nc(C)no1. The third-order valence-corrected chi connectivity index (χ3v) is 2.53. The van der Waals surface area contributed by atoms with Crippen LogP contribution in [0.5, 0.6) is 0 Å². The van der Waals surface area contributed by atoms with Gasteiger partial charge in [-0.3, -0.25) is 14.9 Å². The number of aryl methyl sites for hydroxylation is 1. The van der Waals surface area contributed by atoms with Gasteiger partial charge in [0.2, 0.25) is 0 Å². The highest BCUT2D eigenvalue weighted by Gasteiger charge is 2.15. The molecule has 0 aliphatic heterocycles. The number of hydrogen-bond acceptors (Lipinski definition) is 6. The van der Waals surface area contributed by atoms with E-state index >= 15 is 0 Å². The van der Waals surface area contributed by atoms with Gasteiger partial charge in [0.05, 0.1) is 10.5 Å². The van der Waals surface area contributed by atoms with Crippen molar-refractivity contribution in [2.45, 2.75) is 13.8 Å². The summed E-state index contributed by atoms with van der Waals surface area (Å²) in [6, 6.07) is 5.94. The first-order valence-corrected chi connectivity index (χ1v) is 5.75. The number of allylic oxidation sites excluding steroid dienone is 1. The fourth-order valence-electron chi connectivity index (χ4n) is 1.62. The Bertz CT molecular complexity index is 703. The van der Waals surface area contributed by atoms with Crippen molar-refractivity contribution in [3.8, 4) is 0 Å². The maximum absolute atomic E-state index is 11.6. The van der Waals surface area contributed by atoms with Crippen molar-refractivity contribution in [2.24, 2.45) is 0 Å². The number of aromatic nitrogens is 2. The molecule has 0 aliphatic rings. The van der Waals surface area contributed by atoms with Crippen LogP contribution in [0.1, 0.15) is 24.2 Å². The molecular formula is C13H11N3O4. The van der Waals surface area contributed by atoms with Crippen molar-refractivity contribution in [2.75, 3.05) is 0 Å². The first-order valence-electron chi connectivity index (χ1n) is 5.75. The number of rotatable bonds is 4. The minimum atomic E-state index is -0.498. The van der Waals surface area contributed by atoms with Gasteiger partial charge in [-0.25, -0.2) is 0 Å². The van der Waals surface area contributed by atoms with E-state index in [9.17, 15) is 14.9 Å². The summed E-state index contributed by atoms with van der Waals surface area (Å²) in [5.74, 6) is 0.243. The molecule has 1 aromatic heterocycles. The van der Waals surface area contributed by atoms with Crippen molar-refractivity contribution in [1.82, 2.24) is 10.1 Å². The number of benzene rings is 1. The largest absolute Gasteiger partial charge is 0.334 e. The zero-order valence-electron chi connectivity index (χ0n) is 10.9. The Morgan fingerprint density at radius 3 is 2.75 bits per heavy atom. The van der Waals surface area contributed by atoms with Gasteiger partial charge in [0.25, 0.3) is 11.6 Å². The molecule has 7 nitrogen and oxygen atoms in total. The molecule has 0 saturated carbocycles. The van der Waals surface area contributed by atoms with Crippen LogP contribution in [0.15, 0.2) is 28.8 Å². The molecule has 0 radical (unpaired) electrons. The maximum atomic E-state index is 11.6. The van der Waals surface area contributed by atoms with E-state index in [2.05, 4.69) is 10.1 Å². The van der Waals surface area contributed by atoms with Crippen LogP contribution < -0.4 is 0 Å².